The second kappa shape index (κ2) is 8.49. The van der Waals surface area contributed by atoms with E-state index in [1.54, 1.807) is 6.20 Å². The van der Waals surface area contributed by atoms with Gasteiger partial charge in [-0.1, -0.05) is 6.07 Å². The molecule has 3 aromatic rings. The maximum Gasteiger partial charge on any atom is 0.229 e. The molecule has 0 bridgehead atoms. The number of anilines is 5. The number of hydrogen-bond acceptors (Lipinski definition) is 6. The predicted molar refractivity (Wildman–Crippen MR) is 121 cm³/mol. The number of likely N-dealkylation sites (N-methyl/N-ethyl adjacent to an activating group) is 1. The monoisotopic (exact) mass is 388 g/mol. The summed E-state index contributed by atoms with van der Waals surface area (Å²) in [6.45, 7) is 8.57. The number of piperazine rings is 1. The van der Waals surface area contributed by atoms with Crippen molar-refractivity contribution in [2.75, 3.05) is 48.8 Å². The van der Waals surface area contributed by atoms with Crippen molar-refractivity contribution < 1.29 is 0 Å². The van der Waals surface area contributed by atoms with Gasteiger partial charge in [0.05, 0.1) is 0 Å². The van der Waals surface area contributed by atoms with Crippen molar-refractivity contribution in [2.45, 2.75) is 13.8 Å². The molecule has 1 fully saturated rings. The van der Waals surface area contributed by atoms with Crippen molar-refractivity contribution in [3.63, 3.8) is 0 Å². The molecule has 0 amide bonds. The summed E-state index contributed by atoms with van der Waals surface area (Å²) in [6, 6.07) is 16.7. The van der Waals surface area contributed by atoms with Crippen LogP contribution in [0, 0.1) is 13.8 Å². The van der Waals surface area contributed by atoms with Crippen LogP contribution in [0.15, 0.2) is 54.7 Å². The fourth-order valence-corrected chi connectivity index (χ4v) is 3.40. The van der Waals surface area contributed by atoms with Gasteiger partial charge in [0, 0.05) is 49.4 Å². The fraction of sp³-hybridized carbons (Fsp3) is 0.304. The average Bonchev–Trinajstić information content (AvgIpc) is 2.72. The number of aromatic nitrogens is 2. The van der Waals surface area contributed by atoms with Crippen LogP contribution >= 0.6 is 0 Å². The minimum Gasteiger partial charge on any atom is -0.369 e. The summed E-state index contributed by atoms with van der Waals surface area (Å²) in [7, 11) is 2.18. The number of hydrogen-bond donors (Lipinski definition) is 2. The molecule has 0 aliphatic carbocycles. The first-order valence-electron chi connectivity index (χ1n) is 10.0. The molecule has 6 nitrogen and oxygen atoms in total. The molecular weight excluding hydrogens is 360 g/mol. The highest BCUT2D eigenvalue weighted by Crippen LogP contribution is 2.22. The molecule has 29 heavy (non-hydrogen) atoms. The van der Waals surface area contributed by atoms with E-state index in [1.165, 1.54) is 16.8 Å². The Balaban J connectivity index is 1.41. The van der Waals surface area contributed by atoms with Gasteiger partial charge in [-0.05, 0) is 74.5 Å². The molecule has 1 aromatic heterocycles. The molecule has 2 N–H and O–H groups in total. The SMILES string of the molecule is Cc1ccc(Nc2nccc(Nc3ccc(N4CCN(C)CC4)cc3)n2)cc1C. The molecule has 2 aromatic carbocycles. The number of benzene rings is 2. The third kappa shape index (κ3) is 4.84. The molecule has 1 aliphatic rings. The van der Waals surface area contributed by atoms with Crippen molar-refractivity contribution >= 4 is 28.8 Å². The van der Waals surface area contributed by atoms with Gasteiger partial charge >= 0.3 is 0 Å². The molecular formula is C23H28N6. The molecule has 2 heterocycles. The minimum absolute atomic E-state index is 0.576. The van der Waals surface area contributed by atoms with E-state index < -0.39 is 0 Å². The fourth-order valence-electron chi connectivity index (χ4n) is 3.40. The maximum absolute atomic E-state index is 4.59. The standard InChI is InChI=1S/C23H28N6/c1-17-4-5-20(16-18(17)2)26-23-24-11-10-22(27-23)25-19-6-8-21(9-7-19)29-14-12-28(3)13-15-29/h4-11,16H,12-15H2,1-3H3,(H2,24,25,26,27). The Hall–Kier alpha value is -3.12. The third-order valence-corrected chi connectivity index (χ3v) is 5.43. The normalized spacial score (nSPS) is 14.7. The highest BCUT2D eigenvalue weighted by Gasteiger charge is 2.14. The van der Waals surface area contributed by atoms with Crippen LogP contribution in [0.1, 0.15) is 11.1 Å². The molecule has 0 atom stereocenters. The summed E-state index contributed by atoms with van der Waals surface area (Å²) in [5, 5.41) is 6.65. The summed E-state index contributed by atoms with van der Waals surface area (Å²) >= 11 is 0. The van der Waals surface area contributed by atoms with Gasteiger partial charge in [0.1, 0.15) is 5.82 Å². The van der Waals surface area contributed by atoms with E-state index in [0.717, 1.165) is 43.4 Å². The summed E-state index contributed by atoms with van der Waals surface area (Å²) in [4.78, 5) is 13.7. The zero-order valence-electron chi connectivity index (χ0n) is 17.3. The lowest BCUT2D eigenvalue weighted by atomic mass is 10.1. The number of nitrogens with zero attached hydrogens (tertiary/aromatic N) is 4. The van der Waals surface area contributed by atoms with Crippen molar-refractivity contribution in [3.05, 3.63) is 65.9 Å². The van der Waals surface area contributed by atoms with E-state index in [4.69, 9.17) is 0 Å². The lowest BCUT2D eigenvalue weighted by Crippen LogP contribution is -2.44. The Labute approximate surface area is 172 Å². The van der Waals surface area contributed by atoms with Gasteiger partial charge in [0.25, 0.3) is 0 Å². The Morgan fingerprint density at radius 3 is 2.24 bits per heavy atom. The quantitative estimate of drug-likeness (QED) is 0.678. The zero-order chi connectivity index (χ0) is 20.2. The number of aryl methyl sites for hydroxylation is 2. The van der Waals surface area contributed by atoms with Gasteiger partial charge in [-0.25, -0.2) is 4.98 Å². The second-order valence-electron chi connectivity index (χ2n) is 7.65. The van der Waals surface area contributed by atoms with Crippen LogP contribution in [-0.2, 0) is 0 Å². The van der Waals surface area contributed by atoms with Crippen LogP contribution in [0.3, 0.4) is 0 Å². The third-order valence-electron chi connectivity index (χ3n) is 5.43. The van der Waals surface area contributed by atoms with Crippen molar-refractivity contribution in [1.29, 1.82) is 0 Å². The Kier molecular flexibility index (Phi) is 5.62. The molecule has 0 spiro atoms. The van der Waals surface area contributed by atoms with Crippen LogP contribution in [-0.4, -0.2) is 48.1 Å². The smallest absolute Gasteiger partial charge is 0.229 e. The predicted octanol–water partition coefficient (Wildman–Crippen LogP) is 4.33. The number of nitrogens with one attached hydrogen (secondary N) is 2. The summed E-state index contributed by atoms with van der Waals surface area (Å²) in [6.07, 6.45) is 1.76. The highest BCUT2D eigenvalue weighted by molar-refractivity contribution is 5.62. The maximum atomic E-state index is 4.59. The molecule has 1 saturated heterocycles. The van der Waals surface area contributed by atoms with E-state index in [2.05, 4.69) is 87.7 Å². The van der Waals surface area contributed by atoms with Crippen LogP contribution in [0.4, 0.5) is 28.8 Å². The Bertz CT molecular complexity index is 961. The first-order valence-corrected chi connectivity index (χ1v) is 10.0. The molecule has 0 radical (unpaired) electrons. The summed E-state index contributed by atoms with van der Waals surface area (Å²) < 4.78 is 0. The lowest BCUT2D eigenvalue weighted by molar-refractivity contribution is 0.313. The van der Waals surface area contributed by atoms with E-state index in [1.807, 2.05) is 12.1 Å². The van der Waals surface area contributed by atoms with Gasteiger partial charge in [0.15, 0.2) is 0 Å². The van der Waals surface area contributed by atoms with Crippen LogP contribution in [0.5, 0.6) is 0 Å². The highest BCUT2D eigenvalue weighted by atomic mass is 15.2. The average molecular weight is 389 g/mol. The molecule has 6 heteroatoms. The number of rotatable bonds is 5. The minimum atomic E-state index is 0.576. The Morgan fingerprint density at radius 2 is 1.52 bits per heavy atom. The lowest BCUT2D eigenvalue weighted by Gasteiger charge is -2.34. The van der Waals surface area contributed by atoms with Gasteiger partial charge < -0.3 is 20.4 Å². The topological polar surface area (TPSA) is 56.3 Å². The molecule has 1 aliphatic heterocycles. The molecule has 0 saturated carbocycles. The zero-order valence-corrected chi connectivity index (χ0v) is 17.3. The van der Waals surface area contributed by atoms with E-state index in [-0.39, 0.29) is 0 Å². The largest absolute Gasteiger partial charge is 0.369 e. The molecule has 0 unspecified atom stereocenters. The van der Waals surface area contributed by atoms with E-state index >= 15 is 0 Å². The summed E-state index contributed by atoms with van der Waals surface area (Å²) in [5.74, 6) is 1.34. The molecule has 4 rings (SSSR count). The van der Waals surface area contributed by atoms with Gasteiger partial charge in [-0.15, -0.1) is 0 Å². The van der Waals surface area contributed by atoms with Crippen LogP contribution < -0.4 is 15.5 Å². The van der Waals surface area contributed by atoms with E-state index in [0.29, 0.717) is 5.95 Å². The van der Waals surface area contributed by atoms with E-state index in [9.17, 15) is 0 Å². The summed E-state index contributed by atoms with van der Waals surface area (Å²) in [5.41, 5.74) is 5.78. The van der Waals surface area contributed by atoms with Crippen molar-refractivity contribution in [2.24, 2.45) is 0 Å². The van der Waals surface area contributed by atoms with Gasteiger partial charge in [-0.3, -0.25) is 0 Å². The first-order chi connectivity index (χ1) is 14.1. The molecule has 150 valence electrons. The first kappa shape index (κ1) is 19.2. The van der Waals surface area contributed by atoms with Crippen molar-refractivity contribution in [3.8, 4) is 0 Å². The van der Waals surface area contributed by atoms with Crippen molar-refractivity contribution in [1.82, 2.24) is 14.9 Å². The van der Waals surface area contributed by atoms with Crippen LogP contribution in [0.2, 0.25) is 0 Å². The van der Waals surface area contributed by atoms with Gasteiger partial charge in [0.2, 0.25) is 5.95 Å². The van der Waals surface area contributed by atoms with Crippen LogP contribution in [0.25, 0.3) is 0 Å². The Morgan fingerprint density at radius 1 is 0.793 bits per heavy atom. The second-order valence-corrected chi connectivity index (χ2v) is 7.65. The van der Waals surface area contributed by atoms with Gasteiger partial charge in [-0.2, -0.15) is 4.98 Å².